The third-order valence-corrected chi connectivity index (χ3v) is 1.31. The molecule has 59 valence electrons. The molecule has 0 saturated carbocycles. The van der Waals surface area contributed by atoms with Crippen molar-refractivity contribution in [1.29, 1.82) is 0 Å². The fraction of sp³-hybridized carbons (Fsp3) is 0.857. The van der Waals surface area contributed by atoms with Gasteiger partial charge in [0.2, 0.25) is 0 Å². The lowest BCUT2D eigenvalue weighted by atomic mass is 10.4. The van der Waals surface area contributed by atoms with Crippen LogP contribution in [0.2, 0.25) is 0 Å². The van der Waals surface area contributed by atoms with E-state index in [1.165, 1.54) is 0 Å². The smallest absolute Gasteiger partial charge is 0.187 e. The molecular weight excluding hydrogens is 130 g/mol. The van der Waals surface area contributed by atoms with Crippen LogP contribution in [0.5, 0.6) is 0 Å². The average Bonchev–Trinajstić information content (AvgIpc) is 2.03. The van der Waals surface area contributed by atoms with Crippen molar-refractivity contribution < 1.29 is 9.47 Å². The van der Waals surface area contributed by atoms with Crippen LogP contribution in [0.15, 0.2) is 0 Å². The van der Waals surface area contributed by atoms with E-state index in [2.05, 4.69) is 12.2 Å². The summed E-state index contributed by atoms with van der Waals surface area (Å²) in [4.78, 5) is 0. The number of nitrogens with one attached hydrogen (secondary N) is 1. The second kappa shape index (κ2) is 4.66. The summed E-state index contributed by atoms with van der Waals surface area (Å²) < 4.78 is 10.4. The molecule has 0 amide bonds. The molecule has 1 saturated heterocycles. The molecule has 3 nitrogen and oxygen atoms in total. The second-order valence-corrected chi connectivity index (χ2v) is 2.25. The summed E-state index contributed by atoms with van der Waals surface area (Å²) in [7, 11) is 0. The SMILES string of the molecule is CCCN[C]1COCCO1. The monoisotopic (exact) mass is 144 g/mol. The molecule has 1 N–H and O–H groups in total. The zero-order chi connectivity index (χ0) is 7.23. The van der Waals surface area contributed by atoms with E-state index in [9.17, 15) is 0 Å². The Morgan fingerprint density at radius 2 is 2.40 bits per heavy atom. The van der Waals surface area contributed by atoms with Crippen LogP contribution in [0.25, 0.3) is 0 Å². The Kier molecular flexibility index (Phi) is 3.72. The zero-order valence-electron chi connectivity index (χ0n) is 6.35. The molecule has 0 bridgehead atoms. The molecule has 1 aliphatic rings. The highest BCUT2D eigenvalue weighted by atomic mass is 16.6. The fourth-order valence-corrected chi connectivity index (χ4v) is 0.797. The Morgan fingerprint density at radius 3 is 3.00 bits per heavy atom. The van der Waals surface area contributed by atoms with E-state index in [4.69, 9.17) is 9.47 Å². The third-order valence-electron chi connectivity index (χ3n) is 1.31. The van der Waals surface area contributed by atoms with Gasteiger partial charge in [-0.3, -0.25) is 5.32 Å². The Balaban J connectivity index is 2.02. The molecule has 1 rings (SSSR count). The van der Waals surface area contributed by atoms with Gasteiger partial charge in [0, 0.05) is 0 Å². The van der Waals surface area contributed by atoms with Crippen LogP contribution in [0.1, 0.15) is 13.3 Å². The summed E-state index contributed by atoms with van der Waals surface area (Å²) >= 11 is 0. The van der Waals surface area contributed by atoms with Crippen molar-refractivity contribution in [1.82, 2.24) is 5.32 Å². The predicted molar refractivity (Wildman–Crippen MR) is 38.3 cm³/mol. The molecule has 0 aromatic carbocycles. The maximum absolute atomic E-state index is 5.26. The van der Waals surface area contributed by atoms with Crippen molar-refractivity contribution in [2.45, 2.75) is 13.3 Å². The van der Waals surface area contributed by atoms with Crippen LogP contribution >= 0.6 is 0 Å². The summed E-state index contributed by atoms with van der Waals surface area (Å²) in [6.07, 6.45) is 2.00. The first-order valence-electron chi connectivity index (χ1n) is 3.73. The van der Waals surface area contributed by atoms with E-state index in [0.29, 0.717) is 13.2 Å². The summed E-state index contributed by atoms with van der Waals surface area (Å²) in [5.74, 6) is 0. The highest BCUT2D eigenvalue weighted by Crippen LogP contribution is 2.03. The molecule has 1 aliphatic heterocycles. The van der Waals surface area contributed by atoms with Gasteiger partial charge in [-0.15, -0.1) is 0 Å². The van der Waals surface area contributed by atoms with Gasteiger partial charge in [-0.25, -0.2) is 0 Å². The minimum Gasteiger partial charge on any atom is -0.374 e. The summed E-state index contributed by atoms with van der Waals surface area (Å²) in [5.41, 5.74) is 0. The lowest BCUT2D eigenvalue weighted by Gasteiger charge is -2.21. The summed E-state index contributed by atoms with van der Waals surface area (Å²) in [5, 5.41) is 3.14. The van der Waals surface area contributed by atoms with E-state index >= 15 is 0 Å². The quantitative estimate of drug-likeness (QED) is 0.626. The largest absolute Gasteiger partial charge is 0.374 e. The molecule has 10 heavy (non-hydrogen) atoms. The van der Waals surface area contributed by atoms with E-state index in [-0.39, 0.29) is 0 Å². The zero-order valence-corrected chi connectivity index (χ0v) is 6.35. The maximum atomic E-state index is 5.26. The first-order chi connectivity index (χ1) is 4.93. The normalized spacial score (nSPS) is 21.3. The van der Waals surface area contributed by atoms with Gasteiger partial charge in [-0.2, -0.15) is 0 Å². The van der Waals surface area contributed by atoms with Gasteiger partial charge in [0.25, 0.3) is 0 Å². The van der Waals surface area contributed by atoms with Crippen LogP contribution < -0.4 is 5.32 Å². The molecule has 1 heterocycles. The van der Waals surface area contributed by atoms with E-state index in [1.54, 1.807) is 0 Å². The molecule has 0 atom stereocenters. The van der Waals surface area contributed by atoms with Gasteiger partial charge < -0.3 is 9.47 Å². The van der Waals surface area contributed by atoms with Crippen LogP contribution in [0.3, 0.4) is 0 Å². The Morgan fingerprint density at radius 1 is 1.50 bits per heavy atom. The number of hydrogen-bond acceptors (Lipinski definition) is 3. The molecule has 0 spiro atoms. The molecule has 1 radical (unpaired) electrons. The van der Waals surface area contributed by atoms with Gasteiger partial charge >= 0.3 is 0 Å². The van der Waals surface area contributed by atoms with Crippen molar-refractivity contribution in [2.75, 3.05) is 26.4 Å². The van der Waals surface area contributed by atoms with E-state index in [0.717, 1.165) is 25.8 Å². The van der Waals surface area contributed by atoms with Crippen LogP contribution in [-0.2, 0) is 9.47 Å². The van der Waals surface area contributed by atoms with Gasteiger partial charge in [-0.1, -0.05) is 6.92 Å². The topological polar surface area (TPSA) is 30.5 Å². The fourth-order valence-electron chi connectivity index (χ4n) is 0.797. The van der Waals surface area contributed by atoms with Crippen molar-refractivity contribution >= 4 is 0 Å². The van der Waals surface area contributed by atoms with Crippen molar-refractivity contribution in [3.05, 3.63) is 6.23 Å². The number of ether oxygens (including phenoxy) is 2. The standard InChI is InChI=1S/C7H14NO2/c1-2-3-8-7-6-9-4-5-10-7/h8H,2-6H2,1H3. The molecule has 0 unspecified atom stereocenters. The number of hydrogen-bond donors (Lipinski definition) is 1. The van der Waals surface area contributed by atoms with E-state index in [1.807, 2.05) is 0 Å². The van der Waals surface area contributed by atoms with Gasteiger partial charge in [0.1, 0.15) is 0 Å². The third kappa shape index (κ3) is 2.64. The molecule has 0 aromatic heterocycles. The molecule has 0 aliphatic carbocycles. The average molecular weight is 144 g/mol. The summed E-state index contributed by atoms with van der Waals surface area (Å²) in [6.45, 7) is 5.11. The Bertz CT molecular complexity index is 81.7. The lowest BCUT2D eigenvalue weighted by molar-refractivity contribution is -0.0402. The van der Waals surface area contributed by atoms with Gasteiger partial charge in [0.05, 0.1) is 19.8 Å². The highest BCUT2D eigenvalue weighted by molar-refractivity contribution is 4.76. The Labute approximate surface area is 61.7 Å². The second-order valence-electron chi connectivity index (χ2n) is 2.25. The first-order valence-corrected chi connectivity index (χ1v) is 3.73. The van der Waals surface area contributed by atoms with Crippen molar-refractivity contribution in [3.63, 3.8) is 0 Å². The van der Waals surface area contributed by atoms with Crippen molar-refractivity contribution in [3.8, 4) is 0 Å². The first kappa shape index (κ1) is 7.98. The van der Waals surface area contributed by atoms with E-state index < -0.39 is 0 Å². The number of rotatable bonds is 3. The molecule has 1 fully saturated rings. The predicted octanol–water partition coefficient (Wildman–Crippen LogP) is 0.522. The van der Waals surface area contributed by atoms with Crippen LogP contribution in [0, 0.1) is 6.23 Å². The van der Waals surface area contributed by atoms with Gasteiger partial charge in [0.15, 0.2) is 6.23 Å². The van der Waals surface area contributed by atoms with Crippen molar-refractivity contribution in [2.24, 2.45) is 0 Å². The van der Waals surface area contributed by atoms with Gasteiger partial charge in [-0.05, 0) is 13.0 Å². The highest BCUT2D eigenvalue weighted by Gasteiger charge is 2.13. The molecular formula is C7H14NO2. The molecule has 0 aromatic rings. The minimum atomic E-state index is 0.611. The van der Waals surface area contributed by atoms with Crippen LogP contribution in [0.4, 0.5) is 0 Å². The summed E-state index contributed by atoms with van der Waals surface area (Å²) in [6, 6.07) is 0. The minimum absolute atomic E-state index is 0.611. The Hall–Kier alpha value is -0.120. The lowest BCUT2D eigenvalue weighted by Crippen LogP contribution is -2.33. The van der Waals surface area contributed by atoms with Crippen LogP contribution in [-0.4, -0.2) is 26.4 Å². The molecule has 3 heteroatoms. The maximum Gasteiger partial charge on any atom is 0.187 e.